The molecule has 0 saturated carbocycles. The monoisotopic (exact) mass is 481 g/mol. The summed E-state index contributed by atoms with van der Waals surface area (Å²) >= 11 is 0. The lowest BCUT2D eigenvalue weighted by Crippen LogP contribution is -2.39. The SMILES string of the molecule is O=C(O)CN(CCOCCN(CC(=O)O)CC(=O)O)CCOCCN(CC(=O)O)CC(=O)O. The van der Waals surface area contributed by atoms with Gasteiger partial charge in [0, 0.05) is 26.2 Å². The Balaban J connectivity index is 4.27. The molecule has 0 heterocycles. The summed E-state index contributed by atoms with van der Waals surface area (Å²) in [7, 11) is 0. The third kappa shape index (κ3) is 19.6. The van der Waals surface area contributed by atoms with Gasteiger partial charge in [-0.2, -0.15) is 0 Å². The summed E-state index contributed by atoms with van der Waals surface area (Å²) in [5.74, 6) is -5.75. The molecular formula is C18H31N3O12. The second kappa shape index (κ2) is 17.7. The maximum atomic E-state index is 11.0. The summed E-state index contributed by atoms with van der Waals surface area (Å²) in [6, 6.07) is 0. The Labute approximate surface area is 189 Å². The van der Waals surface area contributed by atoms with E-state index in [0.717, 1.165) is 0 Å². The van der Waals surface area contributed by atoms with Crippen LogP contribution < -0.4 is 0 Å². The van der Waals surface area contributed by atoms with E-state index in [9.17, 15) is 24.0 Å². The van der Waals surface area contributed by atoms with Crippen LogP contribution in [0.1, 0.15) is 0 Å². The van der Waals surface area contributed by atoms with Gasteiger partial charge in [0.2, 0.25) is 0 Å². The zero-order chi connectivity index (χ0) is 25.2. The third-order valence-corrected chi connectivity index (χ3v) is 4.00. The highest BCUT2D eigenvalue weighted by atomic mass is 16.5. The molecule has 0 spiro atoms. The maximum Gasteiger partial charge on any atom is 0.317 e. The molecule has 0 saturated heterocycles. The van der Waals surface area contributed by atoms with E-state index >= 15 is 0 Å². The van der Waals surface area contributed by atoms with Gasteiger partial charge >= 0.3 is 29.8 Å². The van der Waals surface area contributed by atoms with Gasteiger partial charge in [-0.25, -0.2) is 0 Å². The lowest BCUT2D eigenvalue weighted by atomic mass is 10.4. The molecule has 0 aliphatic heterocycles. The molecule has 0 unspecified atom stereocenters. The number of aliphatic carboxylic acids is 5. The highest BCUT2D eigenvalue weighted by molar-refractivity contribution is 5.73. The molecule has 0 bridgehead atoms. The Morgan fingerprint density at radius 3 is 0.879 bits per heavy atom. The lowest BCUT2D eigenvalue weighted by molar-refractivity contribution is -0.144. The van der Waals surface area contributed by atoms with Gasteiger partial charge in [-0.15, -0.1) is 0 Å². The van der Waals surface area contributed by atoms with Gasteiger partial charge in [-0.1, -0.05) is 0 Å². The summed E-state index contributed by atoms with van der Waals surface area (Å²) < 4.78 is 10.7. The number of carbonyl (C=O) groups is 5. The highest BCUT2D eigenvalue weighted by Crippen LogP contribution is 1.94. The van der Waals surface area contributed by atoms with Crippen molar-refractivity contribution in [2.75, 3.05) is 85.3 Å². The average Bonchev–Trinajstić information content (AvgIpc) is 2.64. The average molecular weight is 481 g/mol. The largest absolute Gasteiger partial charge is 0.480 e. The van der Waals surface area contributed by atoms with Crippen molar-refractivity contribution in [3.63, 3.8) is 0 Å². The van der Waals surface area contributed by atoms with Crippen LogP contribution in [0.25, 0.3) is 0 Å². The van der Waals surface area contributed by atoms with E-state index in [1.54, 1.807) is 0 Å². The van der Waals surface area contributed by atoms with Crippen molar-refractivity contribution in [2.24, 2.45) is 0 Å². The molecule has 0 aliphatic carbocycles. The zero-order valence-corrected chi connectivity index (χ0v) is 18.1. The molecule has 0 fully saturated rings. The smallest absolute Gasteiger partial charge is 0.317 e. The molecule has 0 aromatic rings. The van der Waals surface area contributed by atoms with Crippen molar-refractivity contribution in [3.8, 4) is 0 Å². The standard InChI is InChI=1S/C18H31N3O12/c22-14(23)9-19(1-5-32-7-3-20(10-15(24)25)11-16(26)27)2-6-33-8-4-21(12-17(28)29)13-18(30)31/h1-13H2,(H,22,23)(H,24,25)(H,26,27)(H,28,29)(H,30,31). The predicted octanol–water partition coefficient (Wildman–Crippen LogP) is -2.65. The summed E-state index contributed by atoms with van der Waals surface area (Å²) in [6.45, 7) is -1.16. The fraction of sp³-hybridized carbons (Fsp3) is 0.722. The highest BCUT2D eigenvalue weighted by Gasteiger charge is 2.15. The van der Waals surface area contributed by atoms with Gasteiger partial charge in [0.1, 0.15) is 0 Å². The zero-order valence-electron chi connectivity index (χ0n) is 18.1. The Kier molecular flexibility index (Phi) is 16.1. The molecule has 5 N–H and O–H groups in total. The minimum absolute atomic E-state index is 0.0565. The van der Waals surface area contributed by atoms with Crippen LogP contribution in [-0.2, 0) is 33.4 Å². The molecular weight excluding hydrogens is 450 g/mol. The van der Waals surface area contributed by atoms with E-state index in [2.05, 4.69) is 0 Å². The summed E-state index contributed by atoms with van der Waals surface area (Å²) in [4.78, 5) is 57.9. The number of nitrogens with zero attached hydrogens (tertiary/aromatic N) is 3. The van der Waals surface area contributed by atoms with E-state index in [-0.39, 0.29) is 59.2 Å². The third-order valence-electron chi connectivity index (χ3n) is 4.00. The molecule has 0 aliphatic rings. The molecule has 190 valence electrons. The van der Waals surface area contributed by atoms with Crippen molar-refractivity contribution in [1.82, 2.24) is 14.7 Å². The predicted molar refractivity (Wildman–Crippen MR) is 109 cm³/mol. The van der Waals surface area contributed by atoms with Gasteiger partial charge in [0.15, 0.2) is 0 Å². The Morgan fingerprint density at radius 1 is 0.424 bits per heavy atom. The lowest BCUT2D eigenvalue weighted by Gasteiger charge is -2.22. The molecule has 33 heavy (non-hydrogen) atoms. The number of carboxylic acids is 5. The van der Waals surface area contributed by atoms with Crippen LogP contribution in [0.3, 0.4) is 0 Å². The molecule has 15 heteroatoms. The van der Waals surface area contributed by atoms with Gasteiger partial charge in [0.05, 0.1) is 59.2 Å². The molecule has 0 radical (unpaired) electrons. The minimum Gasteiger partial charge on any atom is -0.480 e. The first-order valence-electron chi connectivity index (χ1n) is 9.91. The number of rotatable bonds is 22. The Hall–Kier alpha value is -2.85. The van der Waals surface area contributed by atoms with Crippen molar-refractivity contribution < 1.29 is 59.0 Å². The van der Waals surface area contributed by atoms with Gasteiger partial charge in [-0.05, 0) is 0 Å². The van der Waals surface area contributed by atoms with Crippen LogP contribution in [0.5, 0.6) is 0 Å². The summed E-state index contributed by atoms with van der Waals surface area (Å²) in [5, 5.41) is 44.1. The van der Waals surface area contributed by atoms with Crippen molar-refractivity contribution in [1.29, 1.82) is 0 Å². The fourth-order valence-electron chi connectivity index (χ4n) is 2.63. The molecule has 0 aromatic carbocycles. The van der Waals surface area contributed by atoms with Crippen LogP contribution >= 0.6 is 0 Å². The Bertz CT molecular complexity index is 567. The molecule has 0 amide bonds. The van der Waals surface area contributed by atoms with Crippen molar-refractivity contribution in [2.45, 2.75) is 0 Å². The normalized spacial score (nSPS) is 11.2. The fourth-order valence-corrected chi connectivity index (χ4v) is 2.63. The van der Waals surface area contributed by atoms with E-state index in [1.807, 2.05) is 0 Å². The van der Waals surface area contributed by atoms with E-state index < -0.39 is 56.0 Å². The first kappa shape index (κ1) is 30.1. The van der Waals surface area contributed by atoms with Crippen LogP contribution in [0.15, 0.2) is 0 Å². The molecule has 0 rings (SSSR count). The van der Waals surface area contributed by atoms with Crippen LogP contribution in [-0.4, -0.2) is 155 Å². The number of ether oxygens (including phenoxy) is 2. The number of hydrogen-bond donors (Lipinski definition) is 5. The Morgan fingerprint density at radius 2 is 0.636 bits per heavy atom. The molecule has 0 atom stereocenters. The van der Waals surface area contributed by atoms with E-state index in [0.29, 0.717) is 0 Å². The van der Waals surface area contributed by atoms with Gasteiger partial charge in [0.25, 0.3) is 0 Å². The quantitative estimate of drug-likeness (QED) is 0.0998. The van der Waals surface area contributed by atoms with Crippen LogP contribution in [0, 0.1) is 0 Å². The number of hydrogen-bond acceptors (Lipinski definition) is 10. The summed E-state index contributed by atoms with van der Waals surface area (Å²) in [6.07, 6.45) is 0. The van der Waals surface area contributed by atoms with Crippen molar-refractivity contribution >= 4 is 29.8 Å². The first-order chi connectivity index (χ1) is 15.5. The van der Waals surface area contributed by atoms with Crippen molar-refractivity contribution in [3.05, 3.63) is 0 Å². The van der Waals surface area contributed by atoms with E-state index in [4.69, 9.17) is 35.0 Å². The summed E-state index contributed by atoms with van der Waals surface area (Å²) in [5.41, 5.74) is 0. The second-order valence-corrected chi connectivity index (χ2v) is 6.89. The molecule has 15 nitrogen and oxygen atoms in total. The van der Waals surface area contributed by atoms with E-state index in [1.165, 1.54) is 14.7 Å². The van der Waals surface area contributed by atoms with Gasteiger partial charge in [-0.3, -0.25) is 38.7 Å². The number of carboxylic acid groups (broad SMARTS) is 5. The topological polar surface area (TPSA) is 215 Å². The maximum absolute atomic E-state index is 11.0. The van der Waals surface area contributed by atoms with Crippen LogP contribution in [0.2, 0.25) is 0 Å². The minimum atomic E-state index is -1.17. The first-order valence-corrected chi connectivity index (χ1v) is 9.91. The second-order valence-electron chi connectivity index (χ2n) is 6.89. The van der Waals surface area contributed by atoms with Crippen LogP contribution in [0.4, 0.5) is 0 Å². The molecule has 0 aromatic heterocycles. The van der Waals surface area contributed by atoms with Gasteiger partial charge < -0.3 is 35.0 Å².